The topological polar surface area (TPSA) is 68.0 Å². The molecule has 2 aromatic rings. The largest absolute Gasteiger partial charge is 0.323 e. The molecule has 2 aromatic heterocycles. The van der Waals surface area contributed by atoms with Crippen LogP contribution in [0.3, 0.4) is 0 Å². The van der Waals surface area contributed by atoms with Crippen LogP contribution in [-0.4, -0.2) is 37.5 Å². The van der Waals surface area contributed by atoms with Crippen LogP contribution in [0.15, 0.2) is 18.5 Å². The molecule has 138 valence electrons. The summed E-state index contributed by atoms with van der Waals surface area (Å²) in [6.45, 7) is 13.0. The van der Waals surface area contributed by atoms with Gasteiger partial charge < -0.3 is 4.90 Å². The van der Waals surface area contributed by atoms with Gasteiger partial charge in [-0.25, -0.2) is 9.48 Å². The van der Waals surface area contributed by atoms with Crippen LogP contribution in [0.5, 0.6) is 0 Å². The maximum Gasteiger partial charge on any atom is 0.323 e. The van der Waals surface area contributed by atoms with Crippen LogP contribution in [0.2, 0.25) is 0 Å². The van der Waals surface area contributed by atoms with Crippen molar-refractivity contribution in [1.82, 2.24) is 24.5 Å². The second-order valence-corrected chi connectivity index (χ2v) is 8.56. The van der Waals surface area contributed by atoms with Gasteiger partial charge in [0.15, 0.2) is 0 Å². The highest BCUT2D eigenvalue weighted by Crippen LogP contribution is 2.28. The second-order valence-electron chi connectivity index (χ2n) is 8.56. The van der Waals surface area contributed by atoms with Gasteiger partial charge in [0.25, 0.3) is 0 Å². The van der Waals surface area contributed by atoms with Crippen molar-refractivity contribution in [3.63, 3.8) is 0 Å². The van der Waals surface area contributed by atoms with E-state index < -0.39 is 0 Å². The van der Waals surface area contributed by atoms with Gasteiger partial charge in [0.05, 0.1) is 24.0 Å². The monoisotopic (exact) mass is 346 g/mol. The Hall–Kier alpha value is -2.31. The highest BCUT2D eigenvalue weighted by molar-refractivity contribution is 5.88. The fourth-order valence-electron chi connectivity index (χ4n) is 2.45. The molecular weight excluding hydrogens is 316 g/mol. The third-order valence-electron chi connectivity index (χ3n) is 3.87. The molecule has 0 saturated heterocycles. The summed E-state index contributed by atoms with van der Waals surface area (Å²) >= 11 is 0. The Morgan fingerprint density at radius 3 is 2.36 bits per heavy atom. The van der Waals surface area contributed by atoms with Gasteiger partial charge >= 0.3 is 6.03 Å². The van der Waals surface area contributed by atoms with Crippen molar-refractivity contribution in [2.75, 3.05) is 12.4 Å². The number of rotatable bonds is 3. The maximum atomic E-state index is 12.6. The molecule has 0 unspecified atom stereocenters. The van der Waals surface area contributed by atoms with E-state index in [4.69, 9.17) is 5.10 Å². The summed E-state index contributed by atoms with van der Waals surface area (Å²) in [5.41, 5.74) is 1.62. The lowest BCUT2D eigenvalue weighted by molar-refractivity contribution is 0.220. The van der Waals surface area contributed by atoms with E-state index in [9.17, 15) is 4.79 Å². The molecule has 0 aliphatic carbocycles. The number of nitrogens with zero attached hydrogens (tertiary/aromatic N) is 5. The van der Waals surface area contributed by atoms with Crippen LogP contribution in [0.25, 0.3) is 0 Å². The van der Waals surface area contributed by atoms with Crippen LogP contribution in [0.4, 0.5) is 10.6 Å². The molecular formula is C18H30N6O. The first-order chi connectivity index (χ1) is 11.4. The molecule has 0 fully saturated rings. The number of carbonyl (C=O) groups is 1. The molecule has 1 N–H and O–H groups in total. The summed E-state index contributed by atoms with van der Waals surface area (Å²) < 4.78 is 3.61. The molecule has 0 bridgehead atoms. The summed E-state index contributed by atoms with van der Waals surface area (Å²) in [6.07, 6.45) is 3.67. The molecule has 0 aromatic carbocycles. The molecule has 0 atom stereocenters. The van der Waals surface area contributed by atoms with E-state index in [0.717, 1.165) is 11.3 Å². The normalized spacial score (nSPS) is 12.3. The van der Waals surface area contributed by atoms with E-state index in [1.807, 2.05) is 24.0 Å². The van der Waals surface area contributed by atoms with E-state index in [2.05, 4.69) is 52.0 Å². The minimum atomic E-state index is -0.228. The third kappa shape index (κ3) is 4.61. The first-order valence-corrected chi connectivity index (χ1v) is 8.48. The Morgan fingerprint density at radius 2 is 1.88 bits per heavy atom. The average Bonchev–Trinajstić information content (AvgIpc) is 3.04. The second kappa shape index (κ2) is 6.54. The van der Waals surface area contributed by atoms with Crippen LogP contribution in [0.1, 0.15) is 52.8 Å². The van der Waals surface area contributed by atoms with Crippen molar-refractivity contribution in [3.05, 3.63) is 29.7 Å². The molecule has 0 aliphatic rings. The highest BCUT2D eigenvalue weighted by Gasteiger charge is 2.26. The van der Waals surface area contributed by atoms with Gasteiger partial charge in [-0.3, -0.25) is 10.00 Å². The molecule has 0 aliphatic heterocycles. The van der Waals surface area contributed by atoms with Crippen molar-refractivity contribution in [1.29, 1.82) is 0 Å². The van der Waals surface area contributed by atoms with E-state index >= 15 is 0 Å². The van der Waals surface area contributed by atoms with Crippen molar-refractivity contribution < 1.29 is 4.79 Å². The number of aromatic nitrogens is 4. The molecule has 7 heteroatoms. The van der Waals surface area contributed by atoms with Crippen LogP contribution in [0, 0.1) is 0 Å². The first kappa shape index (κ1) is 19.0. The summed E-state index contributed by atoms with van der Waals surface area (Å²) in [7, 11) is 3.63. The Bertz CT molecular complexity index is 744. The number of nitrogens with one attached hydrogen (secondary N) is 1. The Kier molecular flexibility index (Phi) is 4.97. The van der Waals surface area contributed by atoms with Crippen molar-refractivity contribution in [3.8, 4) is 0 Å². The van der Waals surface area contributed by atoms with E-state index in [0.29, 0.717) is 12.4 Å². The molecule has 2 rings (SSSR count). The SMILES string of the molecule is CN(Cc1cnn(C)c1)C(=O)Nc1cc(C(C)(C)C)nn1C(C)(C)C. The predicted molar refractivity (Wildman–Crippen MR) is 99.6 cm³/mol. The van der Waals surface area contributed by atoms with Gasteiger partial charge in [-0.15, -0.1) is 0 Å². The minimum absolute atomic E-state index is 0.0857. The number of amides is 2. The summed E-state index contributed by atoms with van der Waals surface area (Å²) in [5.74, 6) is 0.709. The van der Waals surface area contributed by atoms with Gasteiger partial charge in [0.2, 0.25) is 0 Å². The molecule has 0 radical (unpaired) electrons. The van der Waals surface area contributed by atoms with E-state index in [-0.39, 0.29) is 17.0 Å². The zero-order valence-electron chi connectivity index (χ0n) is 16.6. The molecule has 0 spiro atoms. The summed E-state index contributed by atoms with van der Waals surface area (Å²) in [6, 6.07) is 1.79. The number of anilines is 1. The standard InChI is InChI=1S/C18H30N6O/c1-17(2,3)14-9-15(24(21-14)18(4,5)6)20-16(25)22(7)11-13-10-19-23(8)12-13/h9-10,12H,11H2,1-8H3,(H,20,25). The molecule has 7 nitrogen and oxygen atoms in total. The van der Waals surface area contributed by atoms with Crippen molar-refractivity contribution in [2.45, 2.75) is 59.0 Å². The zero-order valence-corrected chi connectivity index (χ0v) is 16.6. The fourth-order valence-corrected chi connectivity index (χ4v) is 2.45. The average molecular weight is 346 g/mol. The third-order valence-corrected chi connectivity index (χ3v) is 3.87. The lowest BCUT2D eigenvalue weighted by Gasteiger charge is -2.24. The molecule has 0 saturated carbocycles. The Balaban J connectivity index is 2.20. The first-order valence-electron chi connectivity index (χ1n) is 8.48. The summed E-state index contributed by atoms with van der Waals surface area (Å²) in [5, 5.41) is 11.9. The minimum Gasteiger partial charge on any atom is -0.323 e. The number of hydrogen-bond donors (Lipinski definition) is 1. The van der Waals surface area contributed by atoms with Gasteiger partial charge in [-0.1, -0.05) is 20.8 Å². The number of hydrogen-bond acceptors (Lipinski definition) is 3. The number of carbonyl (C=O) groups excluding carboxylic acids is 1. The van der Waals surface area contributed by atoms with Gasteiger partial charge in [-0.05, 0) is 20.8 Å². The van der Waals surface area contributed by atoms with E-state index in [1.165, 1.54) is 0 Å². The lowest BCUT2D eigenvalue weighted by Crippen LogP contribution is -2.33. The van der Waals surface area contributed by atoms with Gasteiger partial charge in [0, 0.05) is 37.3 Å². The van der Waals surface area contributed by atoms with Gasteiger partial charge in [-0.2, -0.15) is 10.2 Å². The Morgan fingerprint density at radius 1 is 1.24 bits per heavy atom. The quantitative estimate of drug-likeness (QED) is 0.927. The number of urea groups is 1. The van der Waals surface area contributed by atoms with Crippen LogP contribution >= 0.6 is 0 Å². The van der Waals surface area contributed by atoms with Crippen LogP contribution in [-0.2, 0) is 24.5 Å². The highest BCUT2D eigenvalue weighted by atomic mass is 16.2. The summed E-state index contributed by atoms with van der Waals surface area (Å²) in [4.78, 5) is 14.2. The van der Waals surface area contributed by atoms with Crippen molar-refractivity contribution >= 4 is 11.8 Å². The van der Waals surface area contributed by atoms with Gasteiger partial charge in [0.1, 0.15) is 5.82 Å². The fraction of sp³-hybridized carbons (Fsp3) is 0.611. The maximum absolute atomic E-state index is 12.6. The Labute approximate surface area is 150 Å². The van der Waals surface area contributed by atoms with Crippen molar-refractivity contribution in [2.24, 2.45) is 7.05 Å². The molecule has 25 heavy (non-hydrogen) atoms. The zero-order chi connectivity index (χ0) is 19.0. The lowest BCUT2D eigenvalue weighted by atomic mass is 9.92. The predicted octanol–water partition coefficient (Wildman–Crippen LogP) is 3.33. The van der Waals surface area contributed by atoms with E-state index in [1.54, 1.807) is 22.8 Å². The smallest absolute Gasteiger partial charge is 0.323 e. The molecule has 2 amide bonds. The van der Waals surface area contributed by atoms with Crippen LogP contribution < -0.4 is 5.32 Å². The molecule has 2 heterocycles. The number of aryl methyl sites for hydroxylation is 1.